The maximum Gasteiger partial charge on any atom is 0.241 e. The van der Waals surface area contributed by atoms with Crippen molar-refractivity contribution in [2.24, 2.45) is 5.73 Å². The van der Waals surface area contributed by atoms with Crippen LogP contribution in [0.15, 0.2) is 59.8 Å². The molecule has 0 fully saturated rings. The molecule has 124 valence electrons. The van der Waals surface area contributed by atoms with E-state index < -0.39 is 10.0 Å². The van der Waals surface area contributed by atoms with E-state index in [-0.39, 0.29) is 18.0 Å². The van der Waals surface area contributed by atoms with Crippen molar-refractivity contribution in [3.05, 3.63) is 54.9 Å². The average molecular weight is 342 g/mol. The molecule has 0 aliphatic heterocycles. The highest BCUT2D eigenvalue weighted by Crippen LogP contribution is 2.30. The maximum absolute atomic E-state index is 12.6. The number of hydrogen-bond acceptors (Lipinski definition) is 5. The SMILES string of the molecule is NCCNS(=O)(=O)c1cc(-c2ccc(N)cc2)cc2cnccc12. The van der Waals surface area contributed by atoms with Crippen LogP contribution in [0.4, 0.5) is 5.69 Å². The third kappa shape index (κ3) is 3.23. The van der Waals surface area contributed by atoms with E-state index in [1.807, 2.05) is 18.2 Å². The minimum atomic E-state index is -3.67. The Kier molecular flexibility index (Phi) is 4.48. The number of fused-ring (bicyclic) bond motifs is 1. The third-order valence-electron chi connectivity index (χ3n) is 3.68. The zero-order chi connectivity index (χ0) is 17.2. The molecule has 7 heteroatoms. The van der Waals surface area contributed by atoms with Crippen LogP contribution in [0.3, 0.4) is 0 Å². The summed E-state index contributed by atoms with van der Waals surface area (Å²) in [4.78, 5) is 4.30. The highest BCUT2D eigenvalue weighted by atomic mass is 32.2. The fraction of sp³-hybridized carbons (Fsp3) is 0.118. The first-order valence-electron chi connectivity index (χ1n) is 7.45. The molecule has 1 aromatic heterocycles. The van der Waals surface area contributed by atoms with E-state index in [1.165, 1.54) is 0 Å². The predicted molar refractivity (Wildman–Crippen MR) is 95.8 cm³/mol. The van der Waals surface area contributed by atoms with Crippen molar-refractivity contribution in [3.63, 3.8) is 0 Å². The number of nitrogens with zero attached hydrogens (tertiary/aromatic N) is 1. The molecule has 0 unspecified atom stereocenters. The number of nitrogens with two attached hydrogens (primary N) is 2. The van der Waals surface area contributed by atoms with Crippen LogP contribution < -0.4 is 16.2 Å². The Bertz CT molecular complexity index is 970. The first-order chi connectivity index (χ1) is 11.5. The maximum atomic E-state index is 12.6. The van der Waals surface area contributed by atoms with Crippen LogP contribution in [0.2, 0.25) is 0 Å². The normalized spacial score (nSPS) is 11.7. The number of hydrogen-bond donors (Lipinski definition) is 3. The topological polar surface area (TPSA) is 111 Å². The van der Waals surface area contributed by atoms with Crippen LogP contribution in [-0.2, 0) is 10.0 Å². The summed E-state index contributed by atoms with van der Waals surface area (Å²) in [5.74, 6) is 0. The van der Waals surface area contributed by atoms with E-state index in [0.717, 1.165) is 16.5 Å². The number of nitrogen functional groups attached to an aromatic ring is 1. The average Bonchev–Trinajstić information content (AvgIpc) is 2.59. The summed E-state index contributed by atoms with van der Waals surface area (Å²) in [5, 5.41) is 1.37. The van der Waals surface area contributed by atoms with Crippen LogP contribution in [0.5, 0.6) is 0 Å². The number of sulfonamides is 1. The van der Waals surface area contributed by atoms with Gasteiger partial charge < -0.3 is 11.5 Å². The molecule has 0 saturated heterocycles. The standard InChI is InChI=1S/C17H18N4O2S/c18-6-8-21-24(22,23)17-10-13(12-1-3-15(19)4-2-12)9-14-11-20-7-5-16(14)17/h1-5,7,9-11,21H,6,8,18-19H2. The van der Waals surface area contributed by atoms with Crippen molar-refractivity contribution in [3.8, 4) is 11.1 Å². The number of aromatic nitrogens is 1. The Morgan fingerprint density at radius 1 is 1.04 bits per heavy atom. The molecule has 0 atom stereocenters. The summed E-state index contributed by atoms with van der Waals surface area (Å²) in [5.41, 5.74) is 13.4. The van der Waals surface area contributed by atoms with Crippen molar-refractivity contribution in [1.29, 1.82) is 0 Å². The first kappa shape index (κ1) is 16.4. The van der Waals surface area contributed by atoms with Gasteiger partial charge in [-0.1, -0.05) is 12.1 Å². The second kappa shape index (κ2) is 6.56. The summed E-state index contributed by atoms with van der Waals surface area (Å²) >= 11 is 0. The molecule has 6 nitrogen and oxygen atoms in total. The molecule has 5 N–H and O–H groups in total. The summed E-state index contributed by atoms with van der Waals surface area (Å²) in [7, 11) is -3.67. The fourth-order valence-electron chi connectivity index (χ4n) is 2.51. The Hall–Kier alpha value is -2.48. The molecule has 0 bridgehead atoms. The Morgan fingerprint density at radius 2 is 1.79 bits per heavy atom. The molecule has 1 heterocycles. The molecular weight excluding hydrogens is 324 g/mol. The smallest absolute Gasteiger partial charge is 0.241 e. The van der Waals surface area contributed by atoms with Crippen LogP contribution >= 0.6 is 0 Å². The molecule has 2 aromatic carbocycles. The Balaban J connectivity index is 2.22. The molecule has 3 aromatic rings. The molecule has 0 saturated carbocycles. The van der Waals surface area contributed by atoms with Gasteiger partial charge in [0.2, 0.25) is 10.0 Å². The summed E-state index contributed by atoms with van der Waals surface area (Å²) < 4.78 is 27.8. The van der Waals surface area contributed by atoms with Gasteiger partial charge >= 0.3 is 0 Å². The molecule has 0 amide bonds. The highest BCUT2D eigenvalue weighted by molar-refractivity contribution is 7.89. The van der Waals surface area contributed by atoms with Gasteiger partial charge in [0.25, 0.3) is 0 Å². The molecule has 0 radical (unpaired) electrons. The van der Waals surface area contributed by atoms with Gasteiger partial charge in [-0.25, -0.2) is 13.1 Å². The first-order valence-corrected chi connectivity index (χ1v) is 8.93. The molecule has 0 aliphatic rings. The number of nitrogens with one attached hydrogen (secondary N) is 1. The second-order valence-electron chi connectivity index (χ2n) is 5.38. The lowest BCUT2D eigenvalue weighted by atomic mass is 10.0. The summed E-state index contributed by atoms with van der Waals surface area (Å²) in [6.45, 7) is 0.414. The van der Waals surface area contributed by atoms with Crippen molar-refractivity contribution >= 4 is 26.5 Å². The fourth-order valence-corrected chi connectivity index (χ4v) is 3.81. The van der Waals surface area contributed by atoms with Gasteiger partial charge in [-0.2, -0.15) is 0 Å². The zero-order valence-electron chi connectivity index (χ0n) is 12.9. The van der Waals surface area contributed by atoms with E-state index in [9.17, 15) is 8.42 Å². The molecule has 0 spiro atoms. The van der Waals surface area contributed by atoms with Gasteiger partial charge in [0.1, 0.15) is 0 Å². The number of anilines is 1. The van der Waals surface area contributed by atoms with Gasteiger partial charge in [0.15, 0.2) is 0 Å². The lowest BCUT2D eigenvalue weighted by molar-refractivity contribution is 0.583. The zero-order valence-corrected chi connectivity index (χ0v) is 13.8. The number of rotatable bonds is 5. The van der Waals surface area contributed by atoms with Gasteiger partial charge in [-0.05, 0) is 41.5 Å². The minimum Gasteiger partial charge on any atom is -0.399 e. The lowest BCUT2D eigenvalue weighted by Gasteiger charge is -2.12. The second-order valence-corrected chi connectivity index (χ2v) is 7.12. The predicted octanol–water partition coefficient (Wildman–Crippen LogP) is 1.72. The van der Waals surface area contributed by atoms with E-state index in [4.69, 9.17) is 11.5 Å². The van der Waals surface area contributed by atoms with Gasteiger partial charge in [-0.15, -0.1) is 0 Å². The van der Waals surface area contributed by atoms with Crippen molar-refractivity contribution in [2.75, 3.05) is 18.8 Å². The Labute approximate surface area is 140 Å². The van der Waals surface area contributed by atoms with Crippen molar-refractivity contribution in [2.45, 2.75) is 4.90 Å². The van der Waals surface area contributed by atoms with Gasteiger partial charge in [-0.3, -0.25) is 4.98 Å². The number of pyridine rings is 1. The molecular formula is C17H18N4O2S. The van der Waals surface area contributed by atoms with Crippen LogP contribution in [0, 0.1) is 0 Å². The summed E-state index contributed by atoms with van der Waals surface area (Å²) in [6.07, 6.45) is 3.23. The largest absolute Gasteiger partial charge is 0.399 e. The highest BCUT2D eigenvalue weighted by Gasteiger charge is 2.18. The van der Waals surface area contributed by atoms with E-state index in [0.29, 0.717) is 11.1 Å². The van der Waals surface area contributed by atoms with Gasteiger partial charge in [0.05, 0.1) is 4.90 Å². The quantitative estimate of drug-likeness (QED) is 0.611. The lowest BCUT2D eigenvalue weighted by Crippen LogP contribution is -2.29. The minimum absolute atomic E-state index is 0.182. The monoisotopic (exact) mass is 342 g/mol. The van der Waals surface area contributed by atoms with E-state index >= 15 is 0 Å². The van der Waals surface area contributed by atoms with Crippen molar-refractivity contribution in [1.82, 2.24) is 9.71 Å². The van der Waals surface area contributed by atoms with Crippen molar-refractivity contribution < 1.29 is 8.42 Å². The Morgan fingerprint density at radius 3 is 2.50 bits per heavy atom. The molecule has 3 rings (SSSR count). The van der Waals surface area contributed by atoms with E-state index in [1.54, 1.807) is 36.7 Å². The van der Waals surface area contributed by atoms with Crippen LogP contribution in [-0.4, -0.2) is 26.5 Å². The molecule has 0 aliphatic carbocycles. The van der Waals surface area contributed by atoms with Gasteiger partial charge in [0, 0.05) is 41.9 Å². The number of benzene rings is 2. The van der Waals surface area contributed by atoms with E-state index in [2.05, 4.69) is 9.71 Å². The van der Waals surface area contributed by atoms with Crippen LogP contribution in [0.25, 0.3) is 21.9 Å². The summed E-state index contributed by atoms with van der Waals surface area (Å²) in [6, 6.07) is 12.5. The molecule has 24 heavy (non-hydrogen) atoms. The third-order valence-corrected chi connectivity index (χ3v) is 5.19. The van der Waals surface area contributed by atoms with Crippen LogP contribution in [0.1, 0.15) is 0 Å².